The van der Waals surface area contributed by atoms with Crippen molar-refractivity contribution in [3.63, 3.8) is 0 Å². The van der Waals surface area contributed by atoms with Gasteiger partial charge in [0.2, 0.25) is 0 Å². The third-order valence-corrected chi connectivity index (χ3v) is 3.71. The number of aromatic nitrogens is 1. The van der Waals surface area contributed by atoms with Gasteiger partial charge in [-0.3, -0.25) is 4.79 Å². The first-order valence-corrected chi connectivity index (χ1v) is 14.8. The number of H-pyrrole nitrogens is 1. The molecule has 0 aliphatic heterocycles. The molecule has 3 nitrogen and oxygen atoms in total. The molecule has 5 heteroatoms. The lowest BCUT2D eigenvalue weighted by Crippen LogP contribution is -2.06. The van der Waals surface area contributed by atoms with Gasteiger partial charge in [0.05, 0.1) is 5.52 Å². The Morgan fingerprint density at radius 2 is 1.19 bits per heavy atom. The molecule has 2 N–H and O–H groups in total. The largest absolute Gasteiger partial charge is 0.507 e. The lowest BCUT2D eigenvalue weighted by Gasteiger charge is -2.09. The van der Waals surface area contributed by atoms with Gasteiger partial charge in [-0.05, 0) is 16.8 Å². The summed E-state index contributed by atoms with van der Waals surface area (Å²) in [6, 6.07) is 16.8. The maximum absolute atomic E-state index is 12.1. The number of halogens is 2. The molecule has 0 saturated heterocycles. The molecule has 26 heavy (non-hydrogen) atoms. The van der Waals surface area contributed by atoms with Gasteiger partial charge in [0, 0.05) is 59.5 Å². The molecular formula is C21H23I2NO2. The van der Waals surface area contributed by atoms with Crippen LogP contribution in [-0.4, -0.2) is 10.1 Å². The van der Waals surface area contributed by atoms with Gasteiger partial charge < -0.3 is 10.1 Å². The fourth-order valence-corrected chi connectivity index (χ4v) is 2.83. The summed E-state index contributed by atoms with van der Waals surface area (Å²) < 4.78 is 0. The number of pyridine rings is 1. The zero-order chi connectivity index (χ0) is 19.7. The van der Waals surface area contributed by atoms with Crippen molar-refractivity contribution in [3.05, 3.63) is 65.0 Å². The average Bonchev–Trinajstić information content (AvgIpc) is 2.73. The fourth-order valence-electron chi connectivity index (χ4n) is 2.83. The summed E-state index contributed by atoms with van der Waals surface area (Å²) in [5.74, 6) is 0.180. The van der Waals surface area contributed by atoms with E-state index in [2.05, 4.69) is 42.2 Å². The van der Waals surface area contributed by atoms with Crippen molar-refractivity contribution >= 4 is 69.7 Å². The highest BCUT2D eigenvalue weighted by atomic mass is 128. The van der Waals surface area contributed by atoms with Crippen molar-refractivity contribution in [1.82, 2.24) is 4.98 Å². The molecular weight excluding hydrogens is 552 g/mol. The van der Waals surface area contributed by atoms with Crippen molar-refractivity contribution in [1.29, 1.82) is 0 Å². The Bertz CT molecular complexity index is 1040. The lowest BCUT2D eigenvalue weighted by molar-refractivity contribution is 0.482. The van der Waals surface area contributed by atoms with Crippen LogP contribution in [0.5, 0.6) is 5.75 Å². The second kappa shape index (κ2) is 11.4. The van der Waals surface area contributed by atoms with E-state index >= 15 is 0 Å². The predicted octanol–water partition coefficient (Wildman–Crippen LogP) is 7.36. The topological polar surface area (TPSA) is 53.1 Å². The molecule has 1 aromatic heterocycles. The number of aromatic amines is 1. The van der Waals surface area contributed by atoms with E-state index in [1.165, 1.54) is 0 Å². The van der Waals surface area contributed by atoms with Crippen LogP contribution in [0, 0.1) is 0 Å². The summed E-state index contributed by atoms with van der Waals surface area (Å²) in [6.07, 6.45) is 0. The van der Waals surface area contributed by atoms with Gasteiger partial charge in [0.1, 0.15) is 5.75 Å². The number of hydrogen-bond acceptors (Lipinski definition) is 2. The van der Waals surface area contributed by atoms with E-state index in [4.69, 9.17) is 0 Å². The van der Waals surface area contributed by atoms with Crippen molar-refractivity contribution in [2.75, 3.05) is 0 Å². The van der Waals surface area contributed by atoms with Gasteiger partial charge in [-0.1, -0.05) is 70.2 Å². The van der Waals surface area contributed by atoms with E-state index in [1.807, 2.05) is 76.2 Å². The van der Waals surface area contributed by atoms with Crippen LogP contribution in [0.25, 0.3) is 32.4 Å². The van der Waals surface area contributed by atoms with Gasteiger partial charge >= 0.3 is 0 Å². The number of hydrogen-bond donors (Lipinski definition) is 2. The molecule has 0 bridgehead atoms. The third-order valence-electron chi connectivity index (χ3n) is 3.71. The number of aromatic hydroxyl groups is 1. The van der Waals surface area contributed by atoms with E-state index < -0.39 is 0 Å². The molecule has 0 aliphatic rings. The molecule has 138 valence electrons. The molecule has 0 saturated carbocycles. The number of fused-ring (bicyclic) bond motifs is 5. The number of benzene rings is 3. The molecule has 0 unspecified atom stereocenters. The normalized spacial score (nSPS) is 9.46. The van der Waals surface area contributed by atoms with Gasteiger partial charge in [-0.2, -0.15) is 0 Å². The Morgan fingerprint density at radius 1 is 0.769 bits per heavy atom. The summed E-state index contributed by atoms with van der Waals surface area (Å²) in [5, 5.41) is 14.4. The molecule has 0 atom stereocenters. The van der Waals surface area contributed by atoms with Crippen LogP contribution in [0.1, 0.15) is 27.7 Å². The van der Waals surface area contributed by atoms with E-state index in [-0.39, 0.29) is 11.3 Å². The Morgan fingerprint density at radius 3 is 1.73 bits per heavy atom. The minimum atomic E-state index is -0.136. The van der Waals surface area contributed by atoms with Crippen molar-refractivity contribution < 1.29 is 5.11 Å². The Kier molecular flexibility index (Phi) is 9.93. The van der Waals surface area contributed by atoms with Crippen molar-refractivity contribution in [2.24, 2.45) is 0 Å². The first kappa shape index (κ1) is 22.7. The average molecular weight is 575 g/mol. The molecule has 4 aromatic rings. The third kappa shape index (κ3) is 4.49. The smallest absolute Gasteiger partial charge is 0.256 e. The van der Waals surface area contributed by atoms with Crippen LogP contribution >= 0.6 is 37.2 Å². The molecule has 0 radical (unpaired) electrons. The monoisotopic (exact) mass is 575 g/mol. The van der Waals surface area contributed by atoms with Gasteiger partial charge in [-0.15, -0.1) is 0 Å². The quantitative estimate of drug-likeness (QED) is 0.170. The van der Waals surface area contributed by atoms with Gasteiger partial charge in [-0.25, -0.2) is 0 Å². The number of rotatable bonds is 0. The Labute approximate surface area is 177 Å². The molecule has 0 aliphatic carbocycles. The summed E-state index contributed by atoms with van der Waals surface area (Å²) in [7, 11) is 0. The Balaban J connectivity index is 0.000000515. The van der Waals surface area contributed by atoms with Crippen LogP contribution in [0.15, 0.2) is 59.4 Å². The van der Waals surface area contributed by atoms with E-state index in [0.717, 1.165) is 21.5 Å². The first-order valence-electron chi connectivity index (χ1n) is 8.55. The molecule has 0 amide bonds. The summed E-state index contributed by atoms with van der Waals surface area (Å²) >= 11 is 4.24. The SMILES string of the molecule is CC.CC.II.O=c1[nH]c2cc(O)c3ccccc3c2c2ccccc12. The number of phenolic OH excluding ortho intramolecular Hbond substituents is 1. The molecule has 0 fully saturated rings. The molecule has 4 rings (SSSR count). The highest BCUT2D eigenvalue weighted by molar-refractivity contribution is 15.0. The van der Waals surface area contributed by atoms with E-state index in [9.17, 15) is 9.90 Å². The van der Waals surface area contributed by atoms with Crippen LogP contribution in [-0.2, 0) is 0 Å². The minimum Gasteiger partial charge on any atom is -0.507 e. The summed E-state index contributed by atoms with van der Waals surface area (Å²) in [6.45, 7) is 8.00. The number of phenols is 1. The lowest BCUT2D eigenvalue weighted by atomic mass is 9.99. The molecule has 0 spiro atoms. The highest BCUT2D eigenvalue weighted by Crippen LogP contribution is 2.34. The van der Waals surface area contributed by atoms with Crippen LogP contribution < -0.4 is 5.56 Å². The predicted molar refractivity (Wildman–Crippen MR) is 132 cm³/mol. The maximum atomic E-state index is 12.1. The van der Waals surface area contributed by atoms with E-state index in [1.54, 1.807) is 6.07 Å². The van der Waals surface area contributed by atoms with Crippen LogP contribution in [0.2, 0.25) is 0 Å². The highest BCUT2D eigenvalue weighted by Gasteiger charge is 2.10. The fraction of sp³-hybridized carbons (Fsp3) is 0.190. The minimum absolute atomic E-state index is 0.136. The van der Waals surface area contributed by atoms with Crippen LogP contribution in [0.4, 0.5) is 0 Å². The summed E-state index contributed by atoms with van der Waals surface area (Å²) in [4.78, 5) is 15.0. The van der Waals surface area contributed by atoms with Crippen molar-refractivity contribution in [2.45, 2.75) is 27.7 Å². The van der Waals surface area contributed by atoms with Gasteiger partial charge in [0.15, 0.2) is 0 Å². The zero-order valence-electron chi connectivity index (χ0n) is 15.3. The maximum Gasteiger partial charge on any atom is 0.256 e. The molecule has 1 heterocycles. The first-order chi connectivity index (χ1) is 12.8. The standard InChI is InChI=1S/C17H11NO2.2C2H6.I2/c19-15-9-14-16(11-6-2-1-5-10(11)15)12-7-3-4-8-13(12)17(20)18-14;3*1-2/h1-9,19H,(H,18,20);2*1-2H3;. The Hall–Kier alpha value is -1.35. The van der Waals surface area contributed by atoms with Gasteiger partial charge in [0.25, 0.3) is 5.56 Å². The summed E-state index contributed by atoms with van der Waals surface area (Å²) in [5.41, 5.74) is 0.521. The second-order valence-electron chi connectivity index (χ2n) is 4.86. The van der Waals surface area contributed by atoms with Crippen LogP contribution in [0.3, 0.4) is 0 Å². The second-order valence-corrected chi connectivity index (χ2v) is 4.86. The molecule has 3 aromatic carbocycles. The number of nitrogens with one attached hydrogen (secondary N) is 1. The van der Waals surface area contributed by atoms with E-state index in [0.29, 0.717) is 10.9 Å². The zero-order valence-corrected chi connectivity index (χ0v) is 19.6. The van der Waals surface area contributed by atoms with Crippen molar-refractivity contribution in [3.8, 4) is 5.75 Å².